The molecule has 2 saturated heterocycles. The Morgan fingerprint density at radius 1 is 1.42 bits per heavy atom. The number of cyclic esters (lactones) is 1. The number of rotatable bonds is 4. The van der Waals surface area contributed by atoms with Crippen molar-refractivity contribution in [2.45, 2.75) is 57.7 Å². The molecule has 0 saturated carbocycles. The summed E-state index contributed by atoms with van der Waals surface area (Å²) in [5, 5.41) is 6.32. The second kappa shape index (κ2) is 6.09. The molecule has 2 fully saturated rings. The number of alkyl carbamates (subject to hydrolysis) is 1. The summed E-state index contributed by atoms with van der Waals surface area (Å²) in [6.07, 6.45) is 3.53. The van der Waals surface area contributed by atoms with Gasteiger partial charge in [-0.05, 0) is 40.2 Å². The fraction of sp³-hybridized carbons (Fsp3) is 0.929. The summed E-state index contributed by atoms with van der Waals surface area (Å²) in [7, 11) is 0. The van der Waals surface area contributed by atoms with E-state index in [2.05, 4.69) is 36.3 Å². The normalized spacial score (nSPS) is 29.1. The van der Waals surface area contributed by atoms with Gasteiger partial charge in [-0.25, -0.2) is 4.79 Å². The summed E-state index contributed by atoms with van der Waals surface area (Å²) in [4.78, 5) is 13.5. The van der Waals surface area contributed by atoms with Crippen molar-refractivity contribution in [1.29, 1.82) is 0 Å². The monoisotopic (exact) mass is 269 g/mol. The average Bonchev–Trinajstić information content (AvgIpc) is 2.73. The van der Waals surface area contributed by atoms with Crippen molar-refractivity contribution in [1.82, 2.24) is 15.5 Å². The van der Waals surface area contributed by atoms with Gasteiger partial charge in [-0.2, -0.15) is 0 Å². The largest absolute Gasteiger partial charge is 0.443 e. The van der Waals surface area contributed by atoms with Crippen LogP contribution in [0.5, 0.6) is 0 Å². The topological polar surface area (TPSA) is 53.6 Å². The second-order valence-corrected chi connectivity index (χ2v) is 6.68. The Kier molecular flexibility index (Phi) is 4.68. The van der Waals surface area contributed by atoms with Crippen LogP contribution >= 0.6 is 0 Å². The molecule has 19 heavy (non-hydrogen) atoms. The van der Waals surface area contributed by atoms with Gasteiger partial charge in [0.2, 0.25) is 0 Å². The lowest BCUT2D eigenvalue weighted by molar-refractivity contribution is 0.0703. The summed E-state index contributed by atoms with van der Waals surface area (Å²) in [6, 6.07) is 0.562. The van der Waals surface area contributed by atoms with Crippen molar-refractivity contribution >= 4 is 6.09 Å². The van der Waals surface area contributed by atoms with Gasteiger partial charge in [-0.15, -0.1) is 0 Å². The highest BCUT2D eigenvalue weighted by atomic mass is 16.6. The Balaban J connectivity index is 1.83. The predicted octanol–water partition coefficient (Wildman–Crippen LogP) is 1.34. The first-order valence-corrected chi connectivity index (χ1v) is 7.37. The van der Waals surface area contributed by atoms with Crippen LogP contribution in [0.1, 0.15) is 40.0 Å². The minimum atomic E-state index is -0.272. The third-order valence-electron chi connectivity index (χ3n) is 3.80. The number of carbonyl (C=O) groups excluding carboxylic acids is 1. The van der Waals surface area contributed by atoms with Gasteiger partial charge in [-0.1, -0.05) is 6.42 Å². The van der Waals surface area contributed by atoms with Crippen LogP contribution in [-0.2, 0) is 4.74 Å². The third-order valence-corrected chi connectivity index (χ3v) is 3.80. The molecule has 110 valence electrons. The summed E-state index contributed by atoms with van der Waals surface area (Å²) < 4.78 is 5.25. The van der Waals surface area contributed by atoms with Gasteiger partial charge in [0.1, 0.15) is 6.10 Å². The Morgan fingerprint density at radius 3 is 2.84 bits per heavy atom. The van der Waals surface area contributed by atoms with Crippen molar-refractivity contribution in [2.24, 2.45) is 0 Å². The molecule has 0 aromatic carbocycles. The van der Waals surface area contributed by atoms with Crippen LogP contribution in [0.25, 0.3) is 0 Å². The molecule has 2 unspecified atom stereocenters. The molecule has 2 atom stereocenters. The third kappa shape index (κ3) is 4.66. The standard InChI is InChI=1S/C14H27N3O2/c1-14(2,3)16-8-11-6-4-5-7-17(11)10-12-9-15-13(18)19-12/h11-12,16H,4-10H2,1-3H3,(H,15,18). The van der Waals surface area contributed by atoms with E-state index in [1.54, 1.807) is 0 Å². The maximum absolute atomic E-state index is 11.1. The zero-order valence-corrected chi connectivity index (χ0v) is 12.4. The Labute approximate surface area is 116 Å². The Morgan fingerprint density at radius 2 is 2.21 bits per heavy atom. The zero-order valence-electron chi connectivity index (χ0n) is 12.4. The average molecular weight is 269 g/mol. The zero-order chi connectivity index (χ0) is 13.9. The molecule has 2 aliphatic rings. The molecule has 0 bridgehead atoms. The van der Waals surface area contributed by atoms with E-state index in [0.29, 0.717) is 12.6 Å². The SMILES string of the molecule is CC(C)(C)NCC1CCCCN1CC1CNC(=O)O1. The van der Waals surface area contributed by atoms with Gasteiger partial charge in [0.05, 0.1) is 6.54 Å². The van der Waals surface area contributed by atoms with Gasteiger partial charge in [0.15, 0.2) is 0 Å². The Hall–Kier alpha value is -0.810. The van der Waals surface area contributed by atoms with E-state index in [-0.39, 0.29) is 17.7 Å². The van der Waals surface area contributed by atoms with Crippen molar-refractivity contribution in [3.63, 3.8) is 0 Å². The van der Waals surface area contributed by atoms with Crippen LogP contribution in [-0.4, -0.2) is 54.9 Å². The van der Waals surface area contributed by atoms with Gasteiger partial charge in [-0.3, -0.25) is 4.90 Å². The molecule has 2 heterocycles. The molecular formula is C14H27N3O2. The number of amides is 1. The number of nitrogens with zero attached hydrogens (tertiary/aromatic N) is 1. The molecule has 1 amide bonds. The number of hydrogen-bond acceptors (Lipinski definition) is 4. The number of likely N-dealkylation sites (tertiary alicyclic amines) is 1. The summed E-state index contributed by atoms with van der Waals surface area (Å²) in [5.74, 6) is 0. The van der Waals surface area contributed by atoms with E-state index in [1.807, 2.05) is 0 Å². The summed E-state index contributed by atoms with van der Waals surface area (Å²) in [5.41, 5.74) is 0.157. The first kappa shape index (κ1) is 14.6. The lowest BCUT2D eigenvalue weighted by atomic mass is 10.00. The number of nitrogens with one attached hydrogen (secondary N) is 2. The highest BCUT2D eigenvalue weighted by Crippen LogP contribution is 2.18. The first-order valence-electron chi connectivity index (χ1n) is 7.37. The van der Waals surface area contributed by atoms with Crippen LogP contribution in [0.2, 0.25) is 0 Å². The first-order chi connectivity index (χ1) is 8.94. The van der Waals surface area contributed by atoms with E-state index in [4.69, 9.17) is 4.74 Å². The van der Waals surface area contributed by atoms with E-state index in [1.165, 1.54) is 19.3 Å². The van der Waals surface area contributed by atoms with E-state index in [9.17, 15) is 4.79 Å². The van der Waals surface area contributed by atoms with Crippen LogP contribution < -0.4 is 10.6 Å². The smallest absolute Gasteiger partial charge is 0.407 e. The van der Waals surface area contributed by atoms with Crippen molar-refractivity contribution in [3.8, 4) is 0 Å². The number of carbonyl (C=O) groups is 1. The maximum atomic E-state index is 11.1. The number of ether oxygens (including phenoxy) is 1. The highest BCUT2D eigenvalue weighted by Gasteiger charge is 2.30. The molecule has 5 heteroatoms. The highest BCUT2D eigenvalue weighted by molar-refractivity contribution is 5.69. The molecule has 0 spiro atoms. The summed E-state index contributed by atoms with van der Waals surface area (Å²) >= 11 is 0. The lowest BCUT2D eigenvalue weighted by Gasteiger charge is -2.38. The number of piperidine rings is 1. The summed E-state index contributed by atoms with van der Waals surface area (Å²) in [6.45, 7) is 10.2. The quantitative estimate of drug-likeness (QED) is 0.808. The van der Waals surface area contributed by atoms with Crippen LogP contribution in [0.4, 0.5) is 4.79 Å². The van der Waals surface area contributed by atoms with Crippen LogP contribution in [0, 0.1) is 0 Å². The number of hydrogen-bond donors (Lipinski definition) is 2. The van der Waals surface area contributed by atoms with Gasteiger partial charge < -0.3 is 15.4 Å². The fourth-order valence-electron chi connectivity index (χ4n) is 2.75. The molecule has 0 radical (unpaired) electrons. The fourth-order valence-corrected chi connectivity index (χ4v) is 2.75. The molecule has 0 aliphatic carbocycles. The molecule has 5 nitrogen and oxygen atoms in total. The minimum Gasteiger partial charge on any atom is -0.443 e. The van der Waals surface area contributed by atoms with Crippen LogP contribution in [0.15, 0.2) is 0 Å². The maximum Gasteiger partial charge on any atom is 0.407 e. The van der Waals surface area contributed by atoms with Crippen LogP contribution in [0.3, 0.4) is 0 Å². The van der Waals surface area contributed by atoms with Gasteiger partial charge in [0, 0.05) is 24.7 Å². The minimum absolute atomic E-state index is 0.0164. The molecule has 2 N–H and O–H groups in total. The van der Waals surface area contributed by atoms with E-state index in [0.717, 1.165) is 19.6 Å². The Bertz CT molecular complexity index is 314. The molecule has 2 aliphatic heterocycles. The molecule has 0 aromatic rings. The lowest BCUT2D eigenvalue weighted by Crippen LogP contribution is -2.51. The molecule has 0 aromatic heterocycles. The van der Waals surface area contributed by atoms with E-state index >= 15 is 0 Å². The van der Waals surface area contributed by atoms with Gasteiger partial charge in [0.25, 0.3) is 0 Å². The van der Waals surface area contributed by atoms with Crippen molar-refractivity contribution in [3.05, 3.63) is 0 Å². The van der Waals surface area contributed by atoms with Crippen molar-refractivity contribution < 1.29 is 9.53 Å². The molecular weight excluding hydrogens is 242 g/mol. The van der Waals surface area contributed by atoms with E-state index < -0.39 is 0 Å². The molecule has 2 rings (SSSR count). The van der Waals surface area contributed by atoms with Gasteiger partial charge >= 0.3 is 6.09 Å². The van der Waals surface area contributed by atoms with Crippen molar-refractivity contribution in [2.75, 3.05) is 26.2 Å². The predicted molar refractivity (Wildman–Crippen MR) is 75.2 cm³/mol. The second-order valence-electron chi connectivity index (χ2n) is 6.68.